The minimum Gasteiger partial charge on any atom is -0.347 e. The summed E-state index contributed by atoms with van der Waals surface area (Å²) in [6.45, 7) is 4.23. The molecule has 0 radical (unpaired) electrons. The van der Waals surface area contributed by atoms with Crippen LogP contribution in [-0.2, 0) is 10.0 Å². The molecule has 2 aromatic heterocycles. The molecule has 3 aromatic rings. The van der Waals surface area contributed by atoms with Crippen LogP contribution in [0.25, 0.3) is 11.0 Å². The van der Waals surface area contributed by atoms with Crippen LogP contribution >= 0.6 is 0 Å². The number of nitrogens with one attached hydrogen (secondary N) is 3. The van der Waals surface area contributed by atoms with Gasteiger partial charge in [0.15, 0.2) is 0 Å². The molecule has 0 bridgehead atoms. The molecule has 3 N–H and O–H groups in total. The number of imidazole rings is 2. The van der Waals surface area contributed by atoms with Crippen LogP contribution in [0.5, 0.6) is 0 Å². The summed E-state index contributed by atoms with van der Waals surface area (Å²) in [5, 5.41) is 0. The maximum atomic E-state index is 13.1. The molecular formula is C16H20N6O3S. The zero-order valence-corrected chi connectivity index (χ0v) is 15.1. The lowest BCUT2D eigenvalue weighted by molar-refractivity contribution is 0.119. The smallest absolute Gasteiger partial charge is 0.323 e. The molecule has 3 heterocycles. The van der Waals surface area contributed by atoms with Gasteiger partial charge in [-0.2, -0.15) is 4.31 Å². The SMILES string of the molecule is CCN1CCN(S(=O)(=O)c2ccc3[nH]c(=O)[nH]c3c2)CC1c1ncc[nH]1. The van der Waals surface area contributed by atoms with E-state index in [9.17, 15) is 13.2 Å². The second kappa shape index (κ2) is 6.38. The van der Waals surface area contributed by atoms with Gasteiger partial charge in [-0.05, 0) is 24.7 Å². The molecule has 1 saturated heterocycles. The van der Waals surface area contributed by atoms with Crippen molar-refractivity contribution in [3.05, 3.63) is 46.9 Å². The van der Waals surface area contributed by atoms with Crippen molar-refractivity contribution < 1.29 is 8.42 Å². The molecule has 0 aliphatic carbocycles. The lowest BCUT2D eigenvalue weighted by atomic mass is 10.2. The molecular weight excluding hydrogens is 356 g/mol. The van der Waals surface area contributed by atoms with Crippen LogP contribution in [0, 0.1) is 0 Å². The maximum Gasteiger partial charge on any atom is 0.323 e. The molecule has 26 heavy (non-hydrogen) atoms. The van der Waals surface area contributed by atoms with Crippen molar-refractivity contribution in [3.63, 3.8) is 0 Å². The Bertz CT molecular complexity index is 1070. The zero-order chi connectivity index (χ0) is 18.3. The van der Waals surface area contributed by atoms with E-state index in [1.165, 1.54) is 16.4 Å². The average molecular weight is 376 g/mol. The Morgan fingerprint density at radius 2 is 2.04 bits per heavy atom. The molecule has 10 heteroatoms. The number of sulfonamides is 1. The van der Waals surface area contributed by atoms with Gasteiger partial charge >= 0.3 is 5.69 Å². The fraction of sp³-hybridized carbons (Fsp3) is 0.375. The van der Waals surface area contributed by atoms with Crippen LogP contribution in [0.2, 0.25) is 0 Å². The van der Waals surface area contributed by atoms with Gasteiger partial charge in [-0.1, -0.05) is 6.92 Å². The van der Waals surface area contributed by atoms with E-state index >= 15 is 0 Å². The summed E-state index contributed by atoms with van der Waals surface area (Å²) in [5.74, 6) is 0.761. The lowest BCUT2D eigenvalue weighted by Crippen LogP contribution is -2.50. The summed E-state index contributed by atoms with van der Waals surface area (Å²) >= 11 is 0. The first-order chi connectivity index (χ1) is 12.5. The molecule has 0 spiro atoms. The molecule has 138 valence electrons. The van der Waals surface area contributed by atoms with E-state index in [1.807, 2.05) is 0 Å². The highest BCUT2D eigenvalue weighted by Gasteiger charge is 2.35. The van der Waals surface area contributed by atoms with Crippen molar-refractivity contribution in [1.29, 1.82) is 0 Å². The Balaban J connectivity index is 1.67. The second-order valence-electron chi connectivity index (χ2n) is 6.27. The zero-order valence-electron chi connectivity index (χ0n) is 14.3. The number of likely N-dealkylation sites (N-methyl/N-ethyl adjacent to an activating group) is 1. The first-order valence-corrected chi connectivity index (χ1v) is 9.88. The summed E-state index contributed by atoms with van der Waals surface area (Å²) in [4.78, 5) is 26.4. The van der Waals surface area contributed by atoms with Gasteiger partial charge in [0, 0.05) is 32.0 Å². The first kappa shape index (κ1) is 17.0. The molecule has 4 rings (SSSR count). The minimum absolute atomic E-state index is 0.116. The van der Waals surface area contributed by atoms with E-state index in [-0.39, 0.29) is 16.6 Å². The number of aromatic nitrogens is 4. The van der Waals surface area contributed by atoms with Gasteiger partial charge in [-0.3, -0.25) is 4.90 Å². The standard InChI is InChI=1S/C16H20N6O3S/c1-2-21-7-8-22(10-14(21)15-17-5-6-18-15)26(24,25)11-3-4-12-13(9-11)20-16(23)19-12/h3-6,9,14H,2,7-8,10H2,1H3,(H,17,18)(H2,19,20,23). The van der Waals surface area contributed by atoms with Crippen molar-refractivity contribution in [3.8, 4) is 0 Å². The highest BCUT2D eigenvalue weighted by Crippen LogP contribution is 2.27. The monoisotopic (exact) mass is 376 g/mol. The van der Waals surface area contributed by atoms with E-state index in [4.69, 9.17) is 0 Å². The summed E-state index contributed by atoms with van der Waals surface area (Å²) < 4.78 is 27.7. The van der Waals surface area contributed by atoms with Crippen LogP contribution in [0.1, 0.15) is 18.8 Å². The Kier molecular flexibility index (Phi) is 4.17. The van der Waals surface area contributed by atoms with E-state index < -0.39 is 10.0 Å². The number of benzene rings is 1. The third kappa shape index (κ3) is 2.85. The summed E-state index contributed by atoms with van der Waals surface area (Å²) in [6, 6.07) is 4.51. The van der Waals surface area contributed by atoms with Gasteiger partial charge in [0.05, 0.1) is 22.0 Å². The van der Waals surface area contributed by atoms with Gasteiger partial charge in [0.2, 0.25) is 10.0 Å². The number of fused-ring (bicyclic) bond motifs is 1. The number of hydrogen-bond donors (Lipinski definition) is 3. The fourth-order valence-corrected chi connectivity index (χ4v) is 4.90. The largest absolute Gasteiger partial charge is 0.347 e. The van der Waals surface area contributed by atoms with Crippen LogP contribution in [0.3, 0.4) is 0 Å². The van der Waals surface area contributed by atoms with Crippen LogP contribution < -0.4 is 5.69 Å². The third-order valence-corrected chi connectivity index (χ3v) is 6.68. The Labute approximate surface area is 150 Å². The second-order valence-corrected chi connectivity index (χ2v) is 8.21. The van der Waals surface area contributed by atoms with Crippen molar-refractivity contribution in [2.24, 2.45) is 0 Å². The molecule has 0 amide bonds. The minimum atomic E-state index is -3.67. The highest BCUT2D eigenvalue weighted by molar-refractivity contribution is 7.89. The first-order valence-electron chi connectivity index (χ1n) is 8.44. The van der Waals surface area contributed by atoms with Gasteiger partial charge in [0.25, 0.3) is 0 Å². The molecule has 1 aliphatic rings. The van der Waals surface area contributed by atoms with Crippen molar-refractivity contribution in [1.82, 2.24) is 29.1 Å². The van der Waals surface area contributed by atoms with Crippen LogP contribution in [0.4, 0.5) is 0 Å². The Morgan fingerprint density at radius 1 is 1.23 bits per heavy atom. The summed E-state index contributed by atoms with van der Waals surface area (Å²) in [6.07, 6.45) is 3.42. The topological polar surface area (TPSA) is 118 Å². The predicted molar refractivity (Wildman–Crippen MR) is 96.3 cm³/mol. The number of aromatic amines is 3. The van der Waals surface area contributed by atoms with E-state index in [0.29, 0.717) is 30.7 Å². The quantitative estimate of drug-likeness (QED) is 0.618. The van der Waals surface area contributed by atoms with Gasteiger partial charge in [-0.15, -0.1) is 0 Å². The predicted octanol–water partition coefficient (Wildman–Crippen LogP) is 0.647. The molecule has 9 nitrogen and oxygen atoms in total. The Hall–Kier alpha value is -2.43. The molecule has 1 aromatic carbocycles. The van der Waals surface area contributed by atoms with Gasteiger partial charge in [0.1, 0.15) is 5.82 Å². The molecule has 0 saturated carbocycles. The van der Waals surface area contributed by atoms with Crippen molar-refractivity contribution >= 4 is 21.1 Å². The highest BCUT2D eigenvalue weighted by atomic mass is 32.2. The number of hydrogen-bond acceptors (Lipinski definition) is 5. The number of piperazine rings is 1. The van der Waals surface area contributed by atoms with Crippen molar-refractivity contribution in [2.45, 2.75) is 17.9 Å². The number of nitrogens with zero attached hydrogens (tertiary/aromatic N) is 3. The number of H-pyrrole nitrogens is 3. The van der Waals surface area contributed by atoms with E-state index in [1.54, 1.807) is 18.5 Å². The molecule has 1 fully saturated rings. The molecule has 1 atom stereocenters. The maximum absolute atomic E-state index is 13.1. The summed E-state index contributed by atoms with van der Waals surface area (Å²) in [5.41, 5.74) is 0.702. The fourth-order valence-electron chi connectivity index (χ4n) is 3.43. The molecule has 1 aliphatic heterocycles. The van der Waals surface area contributed by atoms with Crippen molar-refractivity contribution in [2.75, 3.05) is 26.2 Å². The van der Waals surface area contributed by atoms with Gasteiger partial charge < -0.3 is 15.0 Å². The third-order valence-electron chi connectivity index (χ3n) is 4.82. The normalized spacial score (nSPS) is 20.0. The summed E-state index contributed by atoms with van der Waals surface area (Å²) in [7, 11) is -3.67. The average Bonchev–Trinajstić information content (AvgIpc) is 3.28. The lowest BCUT2D eigenvalue weighted by Gasteiger charge is -2.39. The van der Waals surface area contributed by atoms with Gasteiger partial charge in [-0.25, -0.2) is 18.2 Å². The van der Waals surface area contributed by atoms with Crippen LogP contribution in [-0.4, -0.2) is 63.7 Å². The van der Waals surface area contributed by atoms with E-state index in [0.717, 1.165) is 12.4 Å². The van der Waals surface area contributed by atoms with E-state index in [2.05, 4.69) is 31.8 Å². The Morgan fingerprint density at radius 3 is 2.77 bits per heavy atom. The molecule has 1 unspecified atom stereocenters. The van der Waals surface area contributed by atoms with Crippen LogP contribution in [0.15, 0.2) is 40.3 Å². The number of rotatable bonds is 4.